The number of ether oxygens (including phenoxy) is 2. The number of hydrogen-bond acceptors (Lipinski definition) is 9. The number of rotatable bonds is 8. The minimum Gasteiger partial charge on any atom is -0.482 e. The molecule has 0 bridgehead atoms. The largest absolute Gasteiger partial charge is 0.482 e. The number of aromatic nitrogens is 2. The third kappa shape index (κ3) is 5.10. The van der Waals surface area contributed by atoms with Crippen LogP contribution in [0, 0.1) is 6.92 Å². The molecule has 0 fully saturated rings. The van der Waals surface area contributed by atoms with Gasteiger partial charge in [-0.25, -0.2) is 9.97 Å². The molecule has 0 unspecified atom stereocenters. The van der Waals surface area contributed by atoms with Crippen molar-refractivity contribution in [2.24, 2.45) is 0 Å². The van der Waals surface area contributed by atoms with Crippen LogP contribution in [0.1, 0.15) is 27.3 Å². The molecule has 0 spiro atoms. The minimum atomic E-state index is -0.416. The first-order valence-electron chi connectivity index (χ1n) is 10.1. The molecule has 0 saturated carbocycles. The Morgan fingerprint density at radius 3 is 2.85 bits per heavy atom. The molecule has 11 heteroatoms. The monoisotopic (exact) mass is 486 g/mol. The molecular formula is C22H22N4O5S2. The average Bonchev–Trinajstić information content (AvgIpc) is 3.40. The lowest BCUT2D eigenvalue weighted by Crippen LogP contribution is -2.43. The molecule has 9 nitrogen and oxygen atoms in total. The van der Waals surface area contributed by atoms with Gasteiger partial charge in [-0.15, -0.1) is 11.3 Å². The molecule has 4 rings (SSSR count). The first-order valence-corrected chi connectivity index (χ1v) is 11.8. The Balaban J connectivity index is 1.54. The quantitative estimate of drug-likeness (QED) is 0.486. The fourth-order valence-electron chi connectivity index (χ4n) is 3.36. The molecule has 2 aromatic heterocycles. The van der Waals surface area contributed by atoms with Crippen molar-refractivity contribution in [2.75, 3.05) is 37.1 Å². The fourth-order valence-corrected chi connectivity index (χ4v) is 5.03. The van der Waals surface area contributed by atoms with Gasteiger partial charge in [-0.05, 0) is 25.1 Å². The third-order valence-corrected chi connectivity index (χ3v) is 7.02. The van der Waals surface area contributed by atoms with Crippen molar-refractivity contribution in [2.45, 2.75) is 20.3 Å². The SMILES string of the molecule is COCCc1nc(-c2ccc3c(c2)N(CC(=O)Nc2nc(C)c(C(C)=O)s2)C(=O)CO3)cs1. The van der Waals surface area contributed by atoms with Gasteiger partial charge in [-0.3, -0.25) is 19.3 Å². The average molecular weight is 487 g/mol. The number of carbonyl (C=O) groups is 3. The van der Waals surface area contributed by atoms with Gasteiger partial charge < -0.3 is 14.8 Å². The number of nitrogens with zero attached hydrogens (tertiary/aromatic N) is 3. The van der Waals surface area contributed by atoms with Crippen molar-refractivity contribution in [1.82, 2.24) is 9.97 Å². The summed E-state index contributed by atoms with van der Waals surface area (Å²) in [5.41, 5.74) is 2.67. The number of anilines is 2. The van der Waals surface area contributed by atoms with E-state index in [1.54, 1.807) is 37.5 Å². The Morgan fingerprint density at radius 1 is 1.30 bits per heavy atom. The van der Waals surface area contributed by atoms with Crippen LogP contribution in [0.2, 0.25) is 0 Å². The summed E-state index contributed by atoms with van der Waals surface area (Å²) >= 11 is 2.66. The molecule has 0 radical (unpaired) electrons. The number of fused-ring (bicyclic) bond motifs is 1. The summed E-state index contributed by atoms with van der Waals surface area (Å²) in [5, 5.41) is 5.91. The predicted molar refractivity (Wildman–Crippen MR) is 126 cm³/mol. The van der Waals surface area contributed by atoms with Gasteiger partial charge in [0.1, 0.15) is 12.3 Å². The van der Waals surface area contributed by atoms with Crippen LogP contribution in [0.25, 0.3) is 11.3 Å². The zero-order valence-corrected chi connectivity index (χ0v) is 20.0. The molecule has 1 aliphatic heterocycles. The highest BCUT2D eigenvalue weighted by Gasteiger charge is 2.28. The summed E-state index contributed by atoms with van der Waals surface area (Å²) in [6, 6.07) is 5.46. The maximum atomic E-state index is 12.7. The Morgan fingerprint density at radius 2 is 2.12 bits per heavy atom. The Hall–Kier alpha value is -3.15. The molecule has 2 amide bonds. The van der Waals surface area contributed by atoms with Crippen molar-refractivity contribution in [3.8, 4) is 17.0 Å². The first kappa shape index (κ1) is 23.0. The Kier molecular flexibility index (Phi) is 6.82. The van der Waals surface area contributed by atoms with Gasteiger partial charge in [-0.1, -0.05) is 11.3 Å². The van der Waals surface area contributed by atoms with Gasteiger partial charge in [0.15, 0.2) is 17.5 Å². The van der Waals surface area contributed by atoms with Crippen molar-refractivity contribution in [3.63, 3.8) is 0 Å². The van der Waals surface area contributed by atoms with Crippen LogP contribution in [-0.4, -0.2) is 54.4 Å². The van der Waals surface area contributed by atoms with Gasteiger partial charge in [0.25, 0.3) is 5.91 Å². The van der Waals surface area contributed by atoms with E-state index in [1.807, 2.05) is 11.4 Å². The van der Waals surface area contributed by atoms with Crippen LogP contribution < -0.4 is 15.0 Å². The van der Waals surface area contributed by atoms with E-state index in [1.165, 1.54) is 11.8 Å². The van der Waals surface area contributed by atoms with Crippen LogP contribution in [0.4, 0.5) is 10.8 Å². The maximum Gasteiger partial charge on any atom is 0.265 e. The number of ketones is 1. The summed E-state index contributed by atoms with van der Waals surface area (Å²) in [6.45, 7) is 3.40. The highest BCUT2D eigenvalue weighted by Crippen LogP contribution is 2.36. The molecular weight excluding hydrogens is 464 g/mol. The van der Waals surface area contributed by atoms with E-state index in [2.05, 4.69) is 15.3 Å². The van der Waals surface area contributed by atoms with Crippen LogP contribution >= 0.6 is 22.7 Å². The third-order valence-electron chi connectivity index (χ3n) is 4.93. The highest BCUT2D eigenvalue weighted by molar-refractivity contribution is 7.17. The number of thiazole rings is 2. The van der Waals surface area contributed by atoms with Gasteiger partial charge in [0.2, 0.25) is 5.91 Å². The van der Waals surface area contributed by atoms with E-state index in [0.29, 0.717) is 33.7 Å². The molecule has 0 aliphatic carbocycles. The van der Waals surface area contributed by atoms with E-state index in [-0.39, 0.29) is 24.8 Å². The number of amides is 2. The van der Waals surface area contributed by atoms with Crippen molar-refractivity contribution in [3.05, 3.63) is 39.2 Å². The summed E-state index contributed by atoms with van der Waals surface area (Å²) < 4.78 is 10.7. The Bertz CT molecular complexity index is 1220. The normalized spacial score (nSPS) is 12.9. The molecule has 33 heavy (non-hydrogen) atoms. The smallest absolute Gasteiger partial charge is 0.265 e. The second kappa shape index (κ2) is 9.77. The second-order valence-corrected chi connectivity index (χ2v) is 9.30. The summed E-state index contributed by atoms with van der Waals surface area (Å²) in [4.78, 5) is 47.7. The van der Waals surface area contributed by atoms with Crippen molar-refractivity contribution in [1.29, 1.82) is 0 Å². The van der Waals surface area contributed by atoms with Crippen molar-refractivity contribution < 1.29 is 23.9 Å². The zero-order valence-electron chi connectivity index (χ0n) is 18.3. The molecule has 172 valence electrons. The van der Waals surface area contributed by atoms with E-state index in [4.69, 9.17) is 9.47 Å². The lowest BCUT2D eigenvalue weighted by Gasteiger charge is -2.29. The van der Waals surface area contributed by atoms with E-state index in [9.17, 15) is 14.4 Å². The highest BCUT2D eigenvalue weighted by atomic mass is 32.1. The number of Topliss-reactive ketones (excluding diaryl/α,β-unsaturated/α-hetero) is 1. The van der Waals surface area contributed by atoms with E-state index >= 15 is 0 Å². The molecule has 1 aromatic carbocycles. The number of hydrogen-bond donors (Lipinski definition) is 1. The van der Waals surface area contributed by atoms with Crippen LogP contribution in [0.15, 0.2) is 23.6 Å². The van der Waals surface area contributed by atoms with Crippen LogP contribution in [0.5, 0.6) is 5.75 Å². The minimum absolute atomic E-state index is 0.109. The topological polar surface area (TPSA) is 111 Å². The molecule has 3 heterocycles. The lowest BCUT2D eigenvalue weighted by atomic mass is 10.1. The van der Waals surface area contributed by atoms with Crippen LogP contribution in [0.3, 0.4) is 0 Å². The predicted octanol–water partition coefficient (Wildman–Crippen LogP) is 3.33. The number of methoxy groups -OCH3 is 1. The summed E-state index contributed by atoms with van der Waals surface area (Å²) in [7, 11) is 1.65. The number of aryl methyl sites for hydroxylation is 1. The van der Waals surface area contributed by atoms with Crippen molar-refractivity contribution >= 4 is 51.1 Å². The van der Waals surface area contributed by atoms with E-state index in [0.717, 1.165) is 34.0 Å². The lowest BCUT2D eigenvalue weighted by molar-refractivity contribution is -0.123. The van der Waals surface area contributed by atoms with Gasteiger partial charge in [0.05, 0.1) is 33.6 Å². The second-order valence-electron chi connectivity index (χ2n) is 7.36. The summed E-state index contributed by atoms with van der Waals surface area (Å²) in [6.07, 6.45) is 0.724. The first-order chi connectivity index (χ1) is 15.9. The molecule has 3 aromatic rings. The maximum absolute atomic E-state index is 12.7. The fraction of sp³-hybridized carbons (Fsp3) is 0.318. The number of benzene rings is 1. The molecule has 0 atom stereocenters. The number of nitrogens with one attached hydrogen (secondary N) is 1. The summed E-state index contributed by atoms with van der Waals surface area (Å²) in [5.74, 6) is -0.331. The van der Waals surface area contributed by atoms with Crippen LogP contribution in [-0.2, 0) is 20.7 Å². The standard InChI is InChI=1S/C22H22N4O5S2/c1-12-21(13(2)27)33-22(23-12)25-18(28)9-26-16-8-14(4-5-17(16)31-10-20(26)29)15-11-32-19(24-15)6-7-30-3/h4-5,8,11H,6-7,9-10H2,1-3H3,(H,23,25,28). The Labute approximate surface area is 198 Å². The van der Waals surface area contributed by atoms with Gasteiger partial charge >= 0.3 is 0 Å². The van der Waals surface area contributed by atoms with Gasteiger partial charge in [-0.2, -0.15) is 0 Å². The van der Waals surface area contributed by atoms with E-state index < -0.39 is 5.91 Å². The molecule has 1 N–H and O–H groups in total. The molecule has 1 aliphatic rings. The van der Waals surface area contributed by atoms with Gasteiger partial charge in [0, 0.05) is 31.4 Å². The zero-order chi connectivity index (χ0) is 23.5. The number of carbonyl (C=O) groups excluding carboxylic acids is 3. The molecule has 0 saturated heterocycles.